The molecule has 0 bridgehead atoms. The maximum Gasteiger partial charge on any atom is 0.245 e. The molecular formula is C43H44N8O2S. The minimum absolute atomic E-state index is 0.0293. The first kappa shape index (κ1) is 35.5. The number of amides is 2. The minimum atomic E-state index is -0.624. The van der Waals surface area contributed by atoms with Crippen LogP contribution in [-0.2, 0) is 35.5 Å². The molecule has 2 aliphatic rings. The predicted molar refractivity (Wildman–Crippen MR) is 212 cm³/mol. The summed E-state index contributed by atoms with van der Waals surface area (Å²) in [6.07, 6.45) is 3.30. The standard InChI is InChI=1S/C43H44N8O2S/c1-2-3-18-39-44-36-29-51(43(53)40(32-12-6-4-7-13-32)33-14-8-5-9-15-33)38(42(52)49-23-25-54-26-24-49)27-37(36)50(39)28-30-19-21-31(22-20-30)34-16-10-11-17-35(34)41-45-47-48-46-41/h4-17,19-22,38,40H,2-3,18,23-29H2,1H3,(H,45,46,47,48). The van der Waals surface area contributed by atoms with Crippen molar-refractivity contribution in [3.63, 3.8) is 0 Å². The Labute approximate surface area is 320 Å². The van der Waals surface area contributed by atoms with E-state index in [4.69, 9.17) is 4.98 Å². The van der Waals surface area contributed by atoms with Gasteiger partial charge in [-0.15, -0.1) is 10.2 Å². The van der Waals surface area contributed by atoms with Crippen LogP contribution in [-0.4, -0.2) is 82.4 Å². The fourth-order valence-corrected chi connectivity index (χ4v) is 8.69. The normalized spacial score (nSPS) is 15.7. The first-order chi connectivity index (χ1) is 26.6. The number of aromatic amines is 1. The van der Waals surface area contributed by atoms with Crippen LogP contribution in [0.2, 0.25) is 0 Å². The molecule has 1 N–H and O–H groups in total. The lowest BCUT2D eigenvalue weighted by atomic mass is 9.88. The number of carbonyl (C=O) groups is 2. The average molecular weight is 737 g/mol. The van der Waals surface area contributed by atoms with E-state index in [0.717, 1.165) is 81.4 Å². The van der Waals surface area contributed by atoms with Crippen LogP contribution in [0.3, 0.4) is 0 Å². The van der Waals surface area contributed by atoms with Crippen molar-refractivity contribution in [2.45, 2.75) is 57.7 Å². The number of imidazole rings is 1. The van der Waals surface area contributed by atoms with Gasteiger partial charge in [0, 0.05) is 55.2 Å². The van der Waals surface area contributed by atoms with Gasteiger partial charge in [-0.3, -0.25) is 9.59 Å². The van der Waals surface area contributed by atoms with Crippen molar-refractivity contribution in [3.05, 3.63) is 143 Å². The number of hydrogen-bond donors (Lipinski definition) is 1. The summed E-state index contributed by atoms with van der Waals surface area (Å²) >= 11 is 1.87. The second-order valence-corrected chi connectivity index (χ2v) is 15.2. The van der Waals surface area contributed by atoms with Gasteiger partial charge in [0.15, 0.2) is 0 Å². The third kappa shape index (κ3) is 7.33. The molecule has 2 amide bonds. The molecule has 1 fully saturated rings. The van der Waals surface area contributed by atoms with Gasteiger partial charge in [0.05, 0.1) is 18.2 Å². The highest BCUT2D eigenvalue weighted by Crippen LogP contribution is 2.34. The van der Waals surface area contributed by atoms with Gasteiger partial charge >= 0.3 is 0 Å². The molecule has 2 aliphatic heterocycles. The molecule has 10 nitrogen and oxygen atoms in total. The molecule has 0 spiro atoms. The van der Waals surface area contributed by atoms with Gasteiger partial charge < -0.3 is 14.4 Å². The zero-order valence-electron chi connectivity index (χ0n) is 30.5. The van der Waals surface area contributed by atoms with Gasteiger partial charge in [-0.25, -0.2) is 4.98 Å². The van der Waals surface area contributed by atoms with Crippen LogP contribution in [0.4, 0.5) is 0 Å². The number of benzene rings is 4. The lowest BCUT2D eigenvalue weighted by Crippen LogP contribution is -2.56. The van der Waals surface area contributed by atoms with E-state index >= 15 is 4.79 Å². The van der Waals surface area contributed by atoms with Crippen molar-refractivity contribution in [1.82, 2.24) is 40.0 Å². The highest BCUT2D eigenvalue weighted by molar-refractivity contribution is 7.99. The van der Waals surface area contributed by atoms with Crippen LogP contribution in [0.15, 0.2) is 109 Å². The van der Waals surface area contributed by atoms with Crippen LogP contribution >= 0.6 is 11.8 Å². The van der Waals surface area contributed by atoms with Crippen molar-refractivity contribution in [3.8, 4) is 22.5 Å². The Bertz CT molecular complexity index is 2140. The zero-order chi connectivity index (χ0) is 36.9. The number of rotatable bonds is 11. The number of nitrogens with zero attached hydrogens (tertiary/aromatic N) is 7. The van der Waals surface area contributed by atoms with Gasteiger partial charge in [0.1, 0.15) is 11.9 Å². The Balaban J connectivity index is 1.15. The molecule has 1 unspecified atom stereocenters. The Kier molecular flexibility index (Phi) is 10.7. The van der Waals surface area contributed by atoms with E-state index in [1.165, 1.54) is 0 Å². The zero-order valence-corrected chi connectivity index (χ0v) is 31.3. The van der Waals surface area contributed by atoms with Crippen molar-refractivity contribution in [2.24, 2.45) is 0 Å². The monoisotopic (exact) mass is 736 g/mol. The predicted octanol–water partition coefficient (Wildman–Crippen LogP) is 6.78. The summed E-state index contributed by atoms with van der Waals surface area (Å²) in [6, 6.07) is 35.9. The number of thioether (sulfide) groups is 1. The number of aryl methyl sites for hydroxylation is 1. The Morgan fingerprint density at radius 1 is 0.852 bits per heavy atom. The van der Waals surface area contributed by atoms with E-state index in [0.29, 0.717) is 38.4 Å². The summed E-state index contributed by atoms with van der Waals surface area (Å²) < 4.78 is 2.33. The summed E-state index contributed by atoms with van der Waals surface area (Å²) in [4.78, 5) is 38.7. The summed E-state index contributed by atoms with van der Waals surface area (Å²) in [5, 5.41) is 14.7. The molecule has 0 saturated carbocycles. The molecule has 1 atom stereocenters. The van der Waals surface area contributed by atoms with Crippen molar-refractivity contribution in [2.75, 3.05) is 24.6 Å². The number of carbonyl (C=O) groups excluding carboxylic acids is 2. The number of nitrogens with one attached hydrogen (secondary N) is 1. The van der Waals surface area contributed by atoms with Crippen molar-refractivity contribution < 1.29 is 9.59 Å². The summed E-state index contributed by atoms with van der Waals surface area (Å²) in [6.45, 7) is 4.50. The average Bonchev–Trinajstić information content (AvgIpc) is 3.89. The third-order valence-corrected chi connectivity index (χ3v) is 11.5. The lowest BCUT2D eigenvalue weighted by molar-refractivity contribution is -0.147. The molecule has 8 rings (SSSR count). The third-order valence-electron chi connectivity index (χ3n) is 10.6. The fourth-order valence-electron chi connectivity index (χ4n) is 7.78. The van der Waals surface area contributed by atoms with E-state index in [1.807, 2.05) is 100 Å². The molecule has 0 radical (unpaired) electrons. The quantitative estimate of drug-likeness (QED) is 0.156. The van der Waals surface area contributed by atoms with E-state index in [2.05, 4.69) is 62.4 Å². The van der Waals surface area contributed by atoms with E-state index < -0.39 is 12.0 Å². The molecule has 2 aromatic heterocycles. The van der Waals surface area contributed by atoms with Crippen LogP contribution in [0.5, 0.6) is 0 Å². The largest absolute Gasteiger partial charge is 0.339 e. The van der Waals surface area contributed by atoms with Crippen LogP contribution < -0.4 is 0 Å². The van der Waals surface area contributed by atoms with Gasteiger partial charge in [-0.2, -0.15) is 17.0 Å². The summed E-state index contributed by atoms with van der Waals surface area (Å²) in [5.41, 5.74) is 7.90. The second-order valence-electron chi connectivity index (χ2n) is 14.0. The van der Waals surface area contributed by atoms with Gasteiger partial charge in [-0.05, 0) is 39.5 Å². The molecule has 4 heterocycles. The van der Waals surface area contributed by atoms with Crippen LogP contribution in [0, 0.1) is 0 Å². The fraction of sp³-hybridized carbons (Fsp3) is 0.302. The number of tetrazole rings is 1. The topological polar surface area (TPSA) is 113 Å². The Morgan fingerprint density at radius 3 is 2.17 bits per heavy atom. The molecule has 11 heteroatoms. The van der Waals surface area contributed by atoms with Crippen LogP contribution in [0.25, 0.3) is 22.5 Å². The SMILES string of the molecule is CCCCc1nc2c(n1Cc1ccc(-c3ccccc3-c3nn[nH]n3)cc1)CC(C(=O)N1CCSCC1)N(C(=O)C(c1ccccc1)c1ccccc1)C2. The van der Waals surface area contributed by atoms with E-state index in [-0.39, 0.29) is 11.8 Å². The first-order valence-corrected chi connectivity index (χ1v) is 20.0. The number of fused-ring (bicyclic) bond motifs is 1. The summed E-state index contributed by atoms with van der Waals surface area (Å²) in [5.74, 6) is 2.80. The molecule has 6 aromatic rings. The molecule has 4 aromatic carbocycles. The molecule has 0 aliphatic carbocycles. The smallest absolute Gasteiger partial charge is 0.245 e. The Hall–Kier alpha value is -5.55. The maximum atomic E-state index is 15.0. The highest BCUT2D eigenvalue weighted by Gasteiger charge is 2.42. The number of unbranched alkanes of at least 4 members (excludes halogenated alkanes) is 1. The molecular weight excluding hydrogens is 693 g/mol. The van der Waals surface area contributed by atoms with Gasteiger partial charge in [-0.1, -0.05) is 123 Å². The number of H-pyrrole nitrogens is 1. The first-order valence-electron chi connectivity index (χ1n) is 18.8. The number of hydrogen-bond acceptors (Lipinski definition) is 7. The van der Waals surface area contributed by atoms with Gasteiger partial charge in [0.25, 0.3) is 0 Å². The lowest BCUT2D eigenvalue weighted by Gasteiger charge is -2.40. The maximum absolute atomic E-state index is 15.0. The second kappa shape index (κ2) is 16.2. The van der Waals surface area contributed by atoms with Crippen molar-refractivity contribution in [1.29, 1.82) is 0 Å². The van der Waals surface area contributed by atoms with Gasteiger partial charge in [0.2, 0.25) is 17.6 Å². The summed E-state index contributed by atoms with van der Waals surface area (Å²) in [7, 11) is 0. The van der Waals surface area contributed by atoms with Crippen LogP contribution in [0.1, 0.15) is 59.6 Å². The molecule has 274 valence electrons. The van der Waals surface area contributed by atoms with Crippen molar-refractivity contribution >= 4 is 23.6 Å². The van der Waals surface area contributed by atoms with E-state index in [1.54, 1.807) is 0 Å². The molecule has 54 heavy (non-hydrogen) atoms. The minimum Gasteiger partial charge on any atom is -0.339 e. The highest BCUT2D eigenvalue weighted by atomic mass is 32.2. The van der Waals surface area contributed by atoms with E-state index in [9.17, 15) is 4.79 Å². The molecule has 1 saturated heterocycles. The number of aromatic nitrogens is 6. The Morgan fingerprint density at radius 2 is 1.52 bits per heavy atom.